The van der Waals surface area contributed by atoms with Crippen LogP contribution in [0.3, 0.4) is 0 Å². The second-order valence-electron chi connectivity index (χ2n) is 4.82. The fraction of sp³-hybridized carbons (Fsp3) is 1.00. The van der Waals surface area contributed by atoms with Crippen molar-refractivity contribution >= 4 is 0 Å². The third kappa shape index (κ3) is 3.95. The van der Waals surface area contributed by atoms with Crippen LogP contribution in [-0.2, 0) is 0 Å². The Morgan fingerprint density at radius 1 is 1.36 bits per heavy atom. The first kappa shape index (κ1) is 12.0. The maximum atomic E-state index is 9.03. The second-order valence-corrected chi connectivity index (χ2v) is 4.82. The minimum absolute atomic E-state index is 0.227. The summed E-state index contributed by atoms with van der Waals surface area (Å²) in [5.74, 6) is 1.74. The van der Waals surface area contributed by atoms with Crippen molar-refractivity contribution in [3.8, 4) is 0 Å². The molecule has 3 heteroatoms. The Balaban J connectivity index is 1.91. The van der Waals surface area contributed by atoms with Gasteiger partial charge in [0.1, 0.15) is 0 Å². The number of likely N-dealkylation sites (tertiary alicyclic amines) is 1. The predicted octanol–water partition coefficient (Wildman–Crippen LogP) is 0.545. The first-order chi connectivity index (χ1) is 6.59. The number of hydrogen-bond acceptors (Lipinski definition) is 3. The fourth-order valence-electron chi connectivity index (χ4n) is 1.76. The molecule has 1 heterocycles. The fourth-order valence-corrected chi connectivity index (χ4v) is 1.76. The van der Waals surface area contributed by atoms with Gasteiger partial charge in [-0.05, 0) is 18.8 Å². The summed E-state index contributed by atoms with van der Waals surface area (Å²) in [5, 5.41) is 12.3. The summed E-state index contributed by atoms with van der Waals surface area (Å²) in [7, 11) is 0. The van der Waals surface area contributed by atoms with Gasteiger partial charge in [0.2, 0.25) is 0 Å². The zero-order chi connectivity index (χ0) is 10.6. The molecule has 84 valence electrons. The Morgan fingerprint density at radius 3 is 2.50 bits per heavy atom. The molecule has 0 saturated carbocycles. The van der Waals surface area contributed by atoms with E-state index in [-0.39, 0.29) is 6.10 Å². The molecule has 0 aromatic carbocycles. The number of rotatable bonds is 6. The normalized spacial score (nSPS) is 21.2. The molecule has 0 aromatic heterocycles. The monoisotopic (exact) mass is 200 g/mol. The predicted molar refractivity (Wildman–Crippen MR) is 59.3 cm³/mol. The van der Waals surface area contributed by atoms with Crippen LogP contribution in [0.2, 0.25) is 0 Å². The second kappa shape index (κ2) is 5.69. The summed E-state index contributed by atoms with van der Waals surface area (Å²) in [6, 6.07) is 0. The molecule has 0 radical (unpaired) electrons. The smallest absolute Gasteiger partial charge is 0.0636 e. The third-order valence-corrected chi connectivity index (χ3v) is 2.97. The van der Waals surface area contributed by atoms with Gasteiger partial charge in [-0.3, -0.25) is 0 Å². The molecule has 1 aliphatic rings. The molecule has 0 aromatic rings. The molecule has 0 spiro atoms. The molecule has 1 unspecified atom stereocenters. The van der Waals surface area contributed by atoms with Gasteiger partial charge in [0.25, 0.3) is 0 Å². The number of nitrogens with zero attached hydrogens (tertiary/aromatic N) is 1. The molecule has 1 atom stereocenters. The molecule has 1 fully saturated rings. The van der Waals surface area contributed by atoms with Crippen molar-refractivity contribution in [1.29, 1.82) is 0 Å². The van der Waals surface area contributed by atoms with Gasteiger partial charge < -0.3 is 15.3 Å². The summed E-state index contributed by atoms with van der Waals surface area (Å²) in [5.41, 5.74) is 0. The summed E-state index contributed by atoms with van der Waals surface area (Å²) in [4.78, 5) is 2.47. The topological polar surface area (TPSA) is 35.5 Å². The van der Waals surface area contributed by atoms with Crippen molar-refractivity contribution in [1.82, 2.24) is 10.2 Å². The SMILES string of the molecule is CC(O)CNCCN1CC(C(C)C)C1. The average molecular weight is 200 g/mol. The average Bonchev–Trinajstić information content (AvgIpc) is 1.98. The first-order valence-electron chi connectivity index (χ1n) is 5.70. The van der Waals surface area contributed by atoms with Gasteiger partial charge in [-0.2, -0.15) is 0 Å². The summed E-state index contributed by atoms with van der Waals surface area (Å²) < 4.78 is 0. The van der Waals surface area contributed by atoms with Crippen molar-refractivity contribution < 1.29 is 5.11 Å². The van der Waals surface area contributed by atoms with Gasteiger partial charge in [0, 0.05) is 32.7 Å². The molecule has 0 bridgehead atoms. The maximum Gasteiger partial charge on any atom is 0.0636 e. The lowest BCUT2D eigenvalue weighted by Gasteiger charge is -2.41. The zero-order valence-electron chi connectivity index (χ0n) is 9.66. The van der Waals surface area contributed by atoms with E-state index in [2.05, 4.69) is 24.1 Å². The molecule has 2 N–H and O–H groups in total. The van der Waals surface area contributed by atoms with E-state index < -0.39 is 0 Å². The minimum Gasteiger partial charge on any atom is -0.392 e. The molecule has 1 saturated heterocycles. The van der Waals surface area contributed by atoms with Crippen LogP contribution in [0, 0.1) is 11.8 Å². The highest BCUT2D eigenvalue weighted by Crippen LogP contribution is 2.22. The van der Waals surface area contributed by atoms with Crippen LogP contribution in [-0.4, -0.2) is 48.8 Å². The highest BCUT2D eigenvalue weighted by Gasteiger charge is 2.27. The van der Waals surface area contributed by atoms with Crippen molar-refractivity contribution in [3.05, 3.63) is 0 Å². The van der Waals surface area contributed by atoms with Crippen molar-refractivity contribution in [2.24, 2.45) is 11.8 Å². The van der Waals surface area contributed by atoms with Gasteiger partial charge in [0.15, 0.2) is 0 Å². The van der Waals surface area contributed by atoms with E-state index in [4.69, 9.17) is 5.11 Å². The number of aliphatic hydroxyl groups excluding tert-OH is 1. The molecule has 1 rings (SSSR count). The van der Waals surface area contributed by atoms with Gasteiger partial charge in [-0.25, -0.2) is 0 Å². The third-order valence-electron chi connectivity index (χ3n) is 2.97. The molecule has 3 nitrogen and oxygen atoms in total. The molecular weight excluding hydrogens is 176 g/mol. The van der Waals surface area contributed by atoms with E-state index in [1.165, 1.54) is 13.1 Å². The van der Waals surface area contributed by atoms with Crippen LogP contribution < -0.4 is 5.32 Å². The number of hydrogen-bond donors (Lipinski definition) is 2. The van der Waals surface area contributed by atoms with Crippen LogP contribution in [0.5, 0.6) is 0 Å². The van der Waals surface area contributed by atoms with Crippen LogP contribution in [0.25, 0.3) is 0 Å². The quantitative estimate of drug-likeness (QED) is 0.615. The Morgan fingerprint density at radius 2 is 2.00 bits per heavy atom. The maximum absolute atomic E-state index is 9.03. The van der Waals surface area contributed by atoms with E-state index in [1.807, 2.05) is 6.92 Å². The van der Waals surface area contributed by atoms with Crippen LogP contribution in [0.4, 0.5) is 0 Å². The Bertz CT molecular complexity index is 153. The lowest BCUT2D eigenvalue weighted by atomic mass is 9.88. The summed E-state index contributed by atoms with van der Waals surface area (Å²) in [6.45, 7) is 11.8. The summed E-state index contributed by atoms with van der Waals surface area (Å²) >= 11 is 0. The van der Waals surface area contributed by atoms with Crippen LogP contribution >= 0.6 is 0 Å². The standard InChI is InChI=1S/C11H24N2O/c1-9(2)11-7-13(8-11)5-4-12-6-10(3)14/h9-12,14H,4-8H2,1-3H3. The first-order valence-corrected chi connectivity index (χ1v) is 5.70. The van der Waals surface area contributed by atoms with E-state index in [0.717, 1.165) is 24.9 Å². The zero-order valence-corrected chi connectivity index (χ0v) is 9.66. The summed E-state index contributed by atoms with van der Waals surface area (Å²) in [6.07, 6.45) is -0.227. The van der Waals surface area contributed by atoms with Crippen molar-refractivity contribution in [3.63, 3.8) is 0 Å². The molecule has 0 amide bonds. The Labute approximate surface area is 87.5 Å². The van der Waals surface area contributed by atoms with Crippen molar-refractivity contribution in [2.75, 3.05) is 32.7 Å². The van der Waals surface area contributed by atoms with Crippen LogP contribution in [0.15, 0.2) is 0 Å². The molecule has 14 heavy (non-hydrogen) atoms. The van der Waals surface area contributed by atoms with E-state index >= 15 is 0 Å². The van der Waals surface area contributed by atoms with Gasteiger partial charge in [-0.1, -0.05) is 13.8 Å². The molecule has 0 aliphatic carbocycles. The Kier molecular flexibility index (Phi) is 4.85. The van der Waals surface area contributed by atoms with Gasteiger partial charge in [0.05, 0.1) is 6.10 Å². The Hall–Kier alpha value is -0.120. The highest BCUT2D eigenvalue weighted by molar-refractivity contribution is 4.81. The molecular formula is C11H24N2O. The molecule has 1 aliphatic heterocycles. The highest BCUT2D eigenvalue weighted by atomic mass is 16.3. The van der Waals surface area contributed by atoms with E-state index in [9.17, 15) is 0 Å². The van der Waals surface area contributed by atoms with E-state index in [0.29, 0.717) is 6.54 Å². The van der Waals surface area contributed by atoms with E-state index in [1.54, 1.807) is 0 Å². The van der Waals surface area contributed by atoms with Crippen LogP contribution in [0.1, 0.15) is 20.8 Å². The lowest BCUT2D eigenvalue weighted by Crippen LogP contribution is -2.51. The van der Waals surface area contributed by atoms with Gasteiger partial charge >= 0.3 is 0 Å². The minimum atomic E-state index is -0.227. The van der Waals surface area contributed by atoms with Crippen molar-refractivity contribution in [2.45, 2.75) is 26.9 Å². The largest absolute Gasteiger partial charge is 0.392 e. The number of aliphatic hydroxyl groups is 1. The number of nitrogens with one attached hydrogen (secondary N) is 1. The van der Waals surface area contributed by atoms with Gasteiger partial charge in [-0.15, -0.1) is 0 Å². The lowest BCUT2D eigenvalue weighted by molar-refractivity contribution is 0.0688.